The number of carbonyl (C=O) groups is 2. The number of aliphatic hydroxyl groups is 1. The standard InChI is InChI=1S/C7H8N2O4S/c10-4-3-7(13,5(11)12)9-1-2-14-6(9)8-4/h13H,1-3H2,(H,11,12). The predicted molar refractivity (Wildman–Crippen MR) is 48.8 cm³/mol. The van der Waals surface area contributed by atoms with Crippen LogP contribution < -0.4 is 0 Å². The minimum Gasteiger partial charge on any atom is -0.478 e. The van der Waals surface area contributed by atoms with Crippen LogP contribution in [-0.2, 0) is 9.59 Å². The molecule has 2 rings (SSSR count). The first-order valence-corrected chi connectivity index (χ1v) is 5.00. The summed E-state index contributed by atoms with van der Waals surface area (Å²) in [6, 6.07) is 0. The summed E-state index contributed by atoms with van der Waals surface area (Å²) >= 11 is 1.28. The summed E-state index contributed by atoms with van der Waals surface area (Å²) in [6.07, 6.45) is -0.480. The Bertz CT molecular complexity index is 343. The number of nitrogens with zero attached hydrogens (tertiary/aromatic N) is 2. The molecule has 0 bridgehead atoms. The van der Waals surface area contributed by atoms with Crippen LogP contribution in [0.5, 0.6) is 0 Å². The lowest BCUT2D eigenvalue weighted by Crippen LogP contribution is -2.58. The van der Waals surface area contributed by atoms with Crippen LogP contribution in [0, 0.1) is 0 Å². The Balaban J connectivity index is 2.41. The van der Waals surface area contributed by atoms with Crippen LogP contribution in [0.3, 0.4) is 0 Å². The van der Waals surface area contributed by atoms with Crippen molar-refractivity contribution in [2.24, 2.45) is 4.99 Å². The zero-order valence-electron chi connectivity index (χ0n) is 7.13. The lowest BCUT2D eigenvalue weighted by Gasteiger charge is -2.35. The fourth-order valence-electron chi connectivity index (χ4n) is 1.48. The van der Waals surface area contributed by atoms with E-state index in [0.29, 0.717) is 17.5 Å². The maximum absolute atomic E-state index is 11.1. The average Bonchev–Trinajstić information content (AvgIpc) is 2.51. The number of aliphatic carboxylic acids is 1. The summed E-state index contributed by atoms with van der Waals surface area (Å²) < 4.78 is 0. The Morgan fingerprint density at radius 2 is 2.36 bits per heavy atom. The van der Waals surface area contributed by atoms with E-state index in [1.54, 1.807) is 0 Å². The van der Waals surface area contributed by atoms with E-state index in [1.165, 1.54) is 16.7 Å². The van der Waals surface area contributed by atoms with E-state index < -0.39 is 24.0 Å². The van der Waals surface area contributed by atoms with Crippen LogP contribution in [0.4, 0.5) is 0 Å². The van der Waals surface area contributed by atoms with Crippen LogP contribution in [0.1, 0.15) is 6.42 Å². The predicted octanol–water partition coefficient (Wildman–Crippen LogP) is -0.905. The molecule has 76 valence electrons. The first kappa shape index (κ1) is 9.47. The minimum atomic E-state index is -2.10. The van der Waals surface area contributed by atoms with Gasteiger partial charge in [-0.25, -0.2) is 4.79 Å². The van der Waals surface area contributed by atoms with Gasteiger partial charge in [-0.1, -0.05) is 11.8 Å². The molecule has 2 heterocycles. The van der Waals surface area contributed by atoms with Gasteiger partial charge < -0.3 is 15.1 Å². The zero-order valence-corrected chi connectivity index (χ0v) is 7.95. The molecule has 0 aromatic rings. The summed E-state index contributed by atoms with van der Waals surface area (Å²) in [6.45, 7) is 0.402. The number of carbonyl (C=O) groups excluding carboxylic acids is 1. The fourth-order valence-corrected chi connectivity index (χ4v) is 2.50. The van der Waals surface area contributed by atoms with E-state index in [2.05, 4.69) is 4.99 Å². The van der Waals surface area contributed by atoms with Gasteiger partial charge in [0, 0.05) is 12.3 Å². The van der Waals surface area contributed by atoms with Gasteiger partial charge in [0.1, 0.15) is 0 Å². The van der Waals surface area contributed by atoms with Gasteiger partial charge in [-0.15, -0.1) is 0 Å². The molecular formula is C7H8N2O4S. The molecule has 1 unspecified atom stereocenters. The highest BCUT2D eigenvalue weighted by molar-refractivity contribution is 8.14. The van der Waals surface area contributed by atoms with Gasteiger partial charge in [-0.2, -0.15) is 4.99 Å². The molecule has 2 aliphatic heterocycles. The molecule has 0 radical (unpaired) electrons. The number of amidine groups is 1. The molecule has 1 fully saturated rings. The van der Waals surface area contributed by atoms with E-state index >= 15 is 0 Å². The molecule has 1 saturated heterocycles. The molecule has 0 spiro atoms. The Morgan fingerprint density at radius 1 is 1.64 bits per heavy atom. The Morgan fingerprint density at radius 3 is 3.00 bits per heavy atom. The number of thioether (sulfide) groups is 1. The van der Waals surface area contributed by atoms with E-state index in [0.717, 1.165) is 0 Å². The van der Waals surface area contributed by atoms with Gasteiger partial charge in [-0.3, -0.25) is 4.79 Å². The fraction of sp³-hybridized carbons (Fsp3) is 0.571. The molecule has 0 aliphatic carbocycles. The van der Waals surface area contributed by atoms with E-state index in [4.69, 9.17) is 5.11 Å². The number of fused-ring (bicyclic) bond motifs is 1. The number of amides is 1. The van der Waals surface area contributed by atoms with Crippen molar-refractivity contribution < 1.29 is 19.8 Å². The SMILES string of the molecule is O=C1CC(O)(C(=O)O)N2CCSC2=N1. The number of hydrogen-bond acceptors (Lipinski definition) is 5. The normalized spacial score (nSPS) is 31.4. The van der Waals surface area contributed by atoms with Gasteiger partial charge >= 0.3 is 5.97 Å². The topological polar surface area (TPSA) is 90.2 Å². The minimum absolute atomic E-state index is 0.311. The van der Waals surface area contributed by atoms with Gasteiger partial charge in [0.2, 0.25) is 5.72 Å². The number of hydrogen-bond donors (Lipinski definition) is 2. The third-order valence-corrected chi connectivity index (χ3v) is 3.14. The first-order valence-electron chi connectivity index (χ1n) is 4.02. The van der Waals surface area contributed by atoms with E-state index in [-0.39, 0.29) is 0 Å². The van der Waals surface area contributed by atoms with Crippen molar-refractivity contribution in [1.82, 2.24) is 4.90 Å². The number of carboxylic acids is 1. The summed E-state index contributed by atoms with van der Waals surface area (Å²) in [5, 5.41) is 19.0. The molecule has 0 aromatic heterocycles. The number of aliphatic imine (C=N–C) groups is 1. The molecule has 0 saturated carbocycles. The van der Waals surface area contributed by atoms with Crippen molar-refractivity contribution in [3.63, 3.8) is 0 Å². The third-order valence-electron chi connectivity index (χ3n) is 2.18. The van der Waals surface area contributed by atoms with Crippen molar-refractivity contribution >= 4 is 28.8 Å². The molecule has 1 atom stereocenters. The first-order chi connectivity index (χ1) is 6.54. The molecule has 7 heteroatoms. The summed E-state index contributed by atoms with van der Waals surface area (Å²) in [4.78, 5) is 26.9. The van der Waals surface area contributed by atoms with E-state index in [1.807, 2.05) is 0 Å². The Kier molecular flexibility index (Phi) is 2.00. The highest BCUT2D eigenvalue weighted by Gasteiger charge is 2.50. The summed E-state index contributed by atoms with van der Waals surface area (Å²) in [5.74, 6) is -1.35. The van der Waals surface area contributed by atoms with Crippen LogP contribution in [-0.4, -0.2) is 50.2 Å². The Labute approximate surface area is 83.6 Å². The van der Waals surface area contributed by atoms with Crippen LogP contribution in [0.2, 0.25) is 0 Å². The number of rotatable bonds is 1. The van der Waals surface area contributed by atoms with Crippen molar-refractivity contribution in [3.8, 4) is 0 Å². The molecule has 1 amide bonds. The van der Waals surface area contributed by atoms with Crippen molar-refractivity contribution in [2.75, 3.05) is 12.3 Å². The van der Waals surface area contributed by atoms with Crippen molar-refractivity contribution in [3.05, 3.63) is 0 Å². The second kappa shape index (κ2) is 2.96. The quantitative estimate of drug-likeness (QED) is 0.590. The maximum atomic E-state index is 11.1. The van der Waals surface area contributed by atoms with Gasteiger partial charge in [0.05, 0.1) is 6.42 Å². The highest BCUT2D eigenvalue weighted by atomic mass is 32.2. The van der Waals surface area contributed by atoms with Gasteiger partial charge in [0.15, 0.2) is 5.17 Å². The summed E-state index contributed by atoms with van der Waals surface area (Å²) in [7, 11) is 0. The van der Waals surface area contributed by atoms with Crippen LogP contribution in [0.25, 0.3) is 0 Å². The molecule has 6 nitrogen and oxygen atoms in total. The van der Waals surface area contributed by atoms with Gasteiger partial charge in [-0.05, 0) is 0 Å². The monoisotopic (exact) mass is 216 g/mol. The smallest absolute Gasteiger partial charge is 0.357 e. The van der Waals surface area contributed by atoms with Crippen LogP contribution in [0.15, 0.2) is 4.99 Å². The average molecular weight is 216 g/mol. The lowest BCUT2D eigenvalue weighted by molar-refractivity contribution is -0.177. The van der Waals surface area contributed by atoms with E-state index in [9.17, 15) is 14.7 Å². The molecule has 2 aliphatic rings. The molecule has 2 N–H and O–H groups in total. The second-order valence-corrected chi connectivity index (χ2v) is 4.15. The lowest BCUT2D eigenvalue weighted by atomic mass is 10.1. The number of carboxylic acid groups (broad SMARTS) is 1. The Hall–Kier alpha value is -1.08. The molecule has 14 heavy (non-hydrogen) atoms. The van der Waals surface area contributed by atoms with Crippen LogP contribution >= 0.6 is 11.8 Å². The van der Waals surface area contributed by atoms with Gasteiger partial charge in [0.25, 0.3) is 5.91 Å². The second-order valence-electron chi connectivity index (χ2n) is 3.09. The largest absolute Gasteiger partial charge is 0.478 e. The van der Waals surface area contributed by atoms with Crippen molar-refractivity contribution in [2.45, 2.75) is 12.1 Å². The zero-order chi connectivity index (χ0) is 10.3. The third kappa shape index (κ3) is 1.20. The molecule has 0 aromatic carbocycles. The van der Waals surface area contributed by atoms with Crippen molar-refractivity contribution in [1.29, 1.82) is 0 Å². The maximum Gasteiger partial charge on any atom is 0.357 e. The highest BCUT2D eigenvalue weighted by Crippen LogP contribution is 2.31. The summed E-state index contributed by atoms with van der Waals surface area (Å²) in [5.41, 5.74) is -2.10. The molecular weight excluding hydrogens is 208 g/mol.